The summed E-state index contributed by atoms with van der Waals surface area (Å²) in [4.78, 5) is 20.1. The average molecular weight is 301 g/mol. The molecule has 1 atom stereocenters. The third kappa shape index (κ3) is 4.87. The molecule has 0 aliphatic carbocycles. The van der Waals surface area contributed by atoms with Gasteiger partial charge in [-0.15, -0.1) is 0 Å². The smallest absolute Gasteiger partial charge is 0.315 e. The maximum absolute atomic E-state index is 11.9. The predicted octanol–water partition coefficient (Wildman–Crippen LogP) is 1.94. The van der Waals surface area contributed by atoms with Crippen molar-refractivity contribution >= 4 is 6.03 Å². The molecule has 0 fully saturated rings. The molecule has 0 spiro atoms. The first-order chi connectivity index (χ1) is 10.5. The molecular weight excluding hydrogens is 278 g/mol. The summed E-state index contributed by atoms with van der Waals surface area (Å²) < 4.78 is 2.10. The Bertz CT molecular complexity index is 623. The van der Waals surface area contributed by atoms with Crippen molar-refractivity contribution in [2.45, 2.75) is 39.3 Å². The van der Waals surface area contributed by atoms with Gasteiger partial charge >= 0.3 is 6.03 Å². The number of carbonyl (C=O) groups excluding carboxylic acids is 1. The van der Waals surface area contributed by atoms with Crippen molar-refractivity contribution in [2.24, 2.45) is 7.05 Å². The molecule has 0 aliphatic rings. The van der Waals surface area contributed by atoms with Crippen molar-refractivity contribution in [2.75, 3.05) is 0 Å². The van der Waals surface area contributed by atoms with E-state index in [1.54, 1.807) is 12.3 Å². The molecule has 0 aliphatic heterocycles. The van der Waals surface area contributed by atoms with Crippen molar-refractivity contribution in [1.82, 2.24) is 25.2 Å². The van der Waals surface area contributed by atoms with Crippen LogP contribution in [-0.2, 0) is 20.0 Å². The van der Waals surface area contributed by atoms with Crippen molar-refractivity contribution < 1.29 is 4.79 Å². The summed E-state index contributed by atoms with van der Waals surface area (Å²) in [5.41, 5.74) is 2.07. The molecule has 22 heavy (non-hydrogen) atoms. The van der Waals surface area contributed by atoms with Crippen LogP contribution in [-0.4, -0.2) is 26.6 Å². The van der Waals surface area contributed by atoms with Gasteiger partial charge in [-0.25, -0.2) is 14.8 Å². The molecule has 2 aromatic rings. The minimum atomic E-state index is -0.171. The topological polar surface area (TPSA) is 71.8 Å². The molecule has 0 saturated carbocycles. The number of nitrogens with one attached hydrogen (secondary N) is 2. The summed E-state index contributed by atoms with van der Waals surface area (Å²) in [7, 11) is 2.03. The third-order valence-electron chi connectivity index (χ3n) is 3.53. The van der Waals surface area contributed by atoms with Gasteiger partial charge < -0.3 is 15.2 Å². The van der Waals surface area contributed by atoms with Crippen LogP contribution in [0.3, 0.4) is 0 Å². The van der Waals surface area contributed by atoms with Gasteiger partial charge in [0.25, 0.3) is 0 Å². The highest BCUT2D eigenvalue weighted by molar-refractivity contribution is 5.74. The maximum Gasteiger partial charge on any atom is 0.315 e. The fourth-order valence-corrected chi connectivity index (χ4v) is 2.24. The van der Waals surface area contributed by atoms with E-state index in [0.717, 1.165) is 18.5 Å². The van der Waals surface area contributed by atoms with Gasteiger partial charge in [-0.3, -0.25) is 0 Å². The molecule has 0 radical (unpaired) electrons. The van der Waals surface area contributed by atoms with Gasteiger partial charge in [0.2, 0.25) is 0 Å². The summed E-state index contributed by atoms with van der Waals surface area (Å²) in [6.07, 6.45) is 5.57. The minimum Gasteiger partial charge on any atom is -0.354 e. The molecule has 2 aromatic heterocycles. The highest BCUT2D eigenvalue weighted by Gasteiger charge is 2.08. The molecule has 0 saturated heterocycles. The molecule has 0 aromatic carbocycles. The second kappa shape index (κ2) is 7.59. The van der Waals surface area contributed by atoms with Crippen molar-refractivity contribution in [3.05, 3.63) is 47.8 Å². The summed E-state index contributed by atoms with van der Waals surface area (Å²) in [5.74, 6) is 0.704. The lowest BCUT2D eigenvalue weighted by atomic mass is 10.1. The van der Waals surface area contributed by atoms with Crippen LogP contribution in [0.15, 0.2) is 30.6 Å². The van der Waals surface area contributed by atoms with Crippen LogP contribution in [0.25, 0.3) is 0 Å². The van der Waals surface area contributed by atoms with Crippen LogP contribution in [0.1, 0.15) is 30.6 Å². The second-order valence-corrected chi connectivity index (χ2v) is 5.47. The van der Waals surface area contributed by atoms with Crippen LogP contribution in [0.5, 0.6) is 0 Å². The Hall–Kier alpha value is -2.37. The molecule has 6 nitrogen and oxygen atoms in total. The molecule has 118 valence electrons. The lowest BCUT2D eigenvalue weighted by molar-refractivity contribution is 0.236. The Balaban J connectivity index is 1.71. The number of aromatic nitrogens is 3. The van der Waals surface area contributed by atoms with Gasteiger partial charge in [0.15, 0.2) is 0 Å². The molecule has 2 amide bonds. The molecule has 6 heteroatoms. The summed E-state index contributed by atoms with van der Waals surface area (Å²) in [6.45, 7) is 4.24. The zero-order valence-corrected chi connectivity index (χ0v) is 13.3. The van der Waals surface area contributed by atoms with Gasteiger partial charge in [0.05, 0.1) is 12.2 Å². The van der Waals surface area contributed by atoms with E-state index in [4.69, 9.17) is 0 Å². The second-order valence-electron chi connectivity index (χ2n) is 5.47. The van der Waals surface area contributed by atoms with E-state index in [0.29, 0.717) is 12.4 Å². The minimum absolute atomic E-state index is 0.113. The Kier molecular flexibility index (Phi) is 5.52. The van der Waals surface area contributed by atoms with Crippen LogP contribution >= 0.6 is 0 Å². The van der Waals surface area contributed by atoms with Gasteiger partial charge in [-0.05, 0) is 44.9 Å². The number of hydrogen-bond donors (Lipinski definition) is 2. The highest BCUT2D eigenvalue weighted by Crippen LogP contribution is 2.05. The molecular formula is C16H23N5O. The van der Waals surface area contributed by atoms with E-state index >= 15 is 0 Å². The number of urea groups is 1. The largest absolute Gasteiger partial charge is 0.354 e. The van der Waals surface area contributed by atoms with Gasteiger partial charge in [0.1, 0.15) is 5.82 Å². The van der Waals surface area contributed by atoms with E-state index in [2.05, 4.69) is 31.2 Å². The summed E-state index contributed by atoms with van der Waals surface area (Å²) in [6, 6.07) is 5.87. The monoisotopic (exact) mass is 301 g/mol. The van der Waals surface area contributed by atoms with Gasteiger partial charge in [0, 0.05) is 31.2 Å². The quantitative estimate of drug-likeness (QED) is 0.856. The van der Waals surface area contributed by atoms with Crippen LogP contribution in [0.2, 0.25) is 0 Å². The van der Waals surface area contributed by atoms with E-state index in [1.807, 2.05) is 33.2 Å². The Morgan fingerprint density at radius 2 is 2.23 bits per heavy atom. The first kappa shape index (κ1) is 16.0. The first-order valence-corrected chi connectivity index (χ1v) is 7.47. The Morgan fingerprint density at radius 3 is 2.91 bits per heavy atom. The fraction of sp³-hybridized carbons (Fsp3) is 0.438. The standard InChI is InChI=1S/C16H23N5O/c1-12(6-7-15-5-4-10-21(15)3)19-16(22)18-11-14-8-9-17-13(2)20-14/h4-5,8-10,12H,6-7,11H2,1-3H3,(H2,18,19,22)/t12-/m0/s1. The molecule has 2 N–H and O–H groups in total. The molecule has 0 bridgehead atoms. The molecule has 2 heterocycles. The molecule has 0 unspecified atom stereocenters. The lowest BCUT2D eigenvalue weighted by Gasteiger charge is -2.15. The summed E-state index contributed by atoms with van der Waals surface area (Å²) >= 11 is 0. The number of rotatable bonds is 6. The van der Waals surface area contributed by atoms with E-state index in [-0.39, 0.29) is 12.1 Å². The lowest BCUT2D eigenvalue weighted by Crippen LogP contribution is -2.40. The fourth-order valence-electron chi connectivity index (χ4n) is 2.24. The predicted molar refractivity (Wildman–Crippen MR) is 85.3 cm³/mol. The maximum atomic E-state index is 11.9. The number of amides is 2. The summed E-state index contributed by atoms with van der Waals surface area (Å²) in [5, 5.41) is 5.76. The van der Waals surface area contributed by atoms with Crippen molar-refractivity contribution in [3.8, 4) is 0 Å². The van der Waals surface area contributed by atoms with E-state index in [9.17, 15) is 4.79 Å². The number of nitrogens with zero attached hydrogens (tertiary/aromatic N) is 3. The Morgan fingerprint density at radius 1 is 1.41 bits per heavy atom. The van der Waals surface area contributed by atoms with Crippen LogP contribution < -0.4 is 10.6 Å². The first-order valence-electron chi connectivity index (χ1n) is 7.47. The van der Waals surface area contributed by atoms with Crippen molar-refractivity contribution in [3.63, 3.8) is 0 Å². The number of aryl methyl sites for hydroxylation is 3. The average Bonchev–Trinajstić information content (AvgIpc) is 2.88. The van der Waals surface area contributed by atoms with Crippen LogP contribution in [0.4, 0.5) is 4.79 Å². The highest BCUT2D eigenvalue weighted by atomic mass is 16.2. The van der Waals surface area contributed by atoms with E-state index < -0.39 is 0 Å². The molecule has 2 rings (SSSR count). The van der Waals surface area contributed by atoms with Gasteiger partial charge in [-0.2, -0.15) is 0 Å². The van der Waals surface area contributed by atoms with E-state index in [1.165, 1.54) is 5.69 Å². The SMILES string of the molecule is Cc1nccc(CNC(=O)N[C@@H](C)CCc2cccn2C)n1. The number of carbonyl (C=O) groups is 1. The Labute approximate surface area is 131 Å². The van der Waals surface area contributed by atoms with Gasteiger partial charge in [-0.1, -0.05) is 0 Å². The zero-order chi connectivity index (χ0) is 15.9. The normalized spacial score (nSPS) is 12.0. The van der Waals surface area contributed by atoms with Crippen molar-refractivity contribution in [1.29, 1.82) is 0 Å². The number of hydrogen-bond acceptors (Lipinski definition) is 3. The van der Waals surface area contributed by atoms with Crippen LogP contribution in [0, 0.1) is 6.92 Å². The zero-order valence-electron chi connectivity index (χ0n) is 13.3. The third-order valence-corrected chi connectivity index (χ3v) is 3.53.